The molecule has 3 aromatic rings. The Bertz CT molecular complexity index is 980. The van der Waals surface area contributed by atoms with Crippen LogP contribution in [0.4, 0.5) is 17.1 Å². The van der Waals surface area contributed by atoms with Gasteiger partial charge in [0.25, 0.3) is 0 Å². The molecular weight excluding hydrogens is 374 g/mol. The Morgan fingerprint density at radius 1 is 1.03 bits per heavy atom. The first kappa shape index (κ1) is 21.4. The maximum atomic E-state index is 11.1. The summed E-state index contributed by atoms with van der Waals surface area (Å²) in [7, 11) is 5.21. The van der Waals surface area contributed by atoms with Crippen LogP contribution in [0.3, 0.4) is 0 Å². The van der Waals surface area contributed by atoms with Gasteiger partial charge >= 0.3 is 5.97 Å². The number of para-hydroxylation sites is 1. The van der Waals surface area contributed by atoms with E-state index in [0.717, 1.165) is 0 Å². The van der Waals surface area contributed by atoms with Crippen molar-refractivity contribution >= 4 is 23.0 Å². The first-order valence-electron chi connectivity index (χ1n) is 10.2. The molecule has 1 aromatic heterocycles. The maximum absolute atomic E-state index is 11.1. The quantitative estimate of drug-likeness (QED) is 0.582. The topological polar surface area (TPSA) is 54.5 Å². The summed E-state index contributed by atoms with van der Waals surface area (Å²) in [5.41, 5.74) is 6.79. The molecule has 4 rings (SSSR count). The second-order valence-corrected chi connectivity index (χ2v) is 7.22. The average Bonchev–Trinajstić information content (AvgIpc) is 2.83. The van der Waals surface area contributed by atoms with Gasteiger partial charge in [0.1, 0.15) is 0 Å². The monoisotopic (exact) mass is 405 g/mol. The van der Waals surface area contributed by atoms with Crippen LogP contribution < -0.4 is 10.2 Å². The van der Waals surface area contributed by atoms with Gasteiger partial charge in [0.05, 0.1) is 24.6 Å². The van der Waals surface area contributed by atoms with Crippen LogP contribution in [0.15, 0.2) is 67.0 Å². The van der Waals surface area contributed by atoms with E-state index in [9.17, 15) is 4.79 Å². The van der Waals surface area contributed by atoms with Gasteiger partial charge in [0.2, 0.25) is 0 Å². The van der Waals surface area contributed by atoms with Gasteiger partial charge in [-0.25, -0.2) is 4.79 Å². The van der Waals surface area contributed by atoms with E-state index in [4.69, 9.17) is 0 Å². The van der Waals surface area contributed by atoms with Gasteiger partial charge in [-0.2, -0.15) is 0 Å². The van der Waals surface area contributed by atoms with E-state index < -0.39 is 0 Å². The van der Waals surface area contributed by atoms with Crippen LogP contribution >= 0.6 is 0 Å². The van der Waals surface area contributed by atoms with Crippen molar-refractivity contribution in [1.82, 2.24) is 4.98 Å². The van der Waals surface area contributed by atoms with Crippen LogP contribution in [0.1, 0.15) is 35.8 Å². The molecule has 0 saturated heterocycles. The number of fused-ring (bicyclic) bond motifs is 1. The fraction of sp³-hybridized carbons (Fsp3) is 0.280. The number of ether oxygens (including phenoxy) is 1. The molecule has 0 radical (unpaired) electrons. The van der Waals surface area contributed by atoms with Gasteiger partial charge in [-0.3, -0.25) is 4.98 Å². The minimum absolute atomic E-state index is 0. The molecular formula is C25H31N3O2. The molecule has 0 spiro atoms. The highest BCUT2D eigenvalue weighted by atomic mass is 16.5. The molecule has 158 valence electrons. The number of anilines is 3. The van der Waals surface area contributed by atoms with Crippen molar-refractivity contribution in [2.24, 2.45) is 0 Å². The first-order valence-corrected chi connectivity index (χ1v) is 10.2. The number of methoxy groups -OCH3 is 1. The molecule has 1 aliphatic rings. The third-order valence-electron chi connectivity index (χ3n) is 5.36. The fourth-order valence-corrected chi connectivity index (χ4v) is 3.61. The number of nitrogens with one attached hydrogen (secondary N) is 1. The van der Waals surface area contributed by atoms with E-state index in [1.165, 1.54) is 44.2 Å². The van der Waals surface area contributed by atoms with Crippen molar-refractivity contribution in [1.29, 1.82) is 0 Å². The van der Waals surface area contributed by atoms with Gasteiger partial charge in [-0.05, 0) is 67.1 Å². The highest BCUT2D eigenvalue weighted by Gasteiger charge is 2.11. The lowest BCUT2D eigenvalue weighted by Gasteiger charge is -2.23. The second kappa shape index (κ2) is 10.4. The summed E-state index contributed by atoms with van der Waals surface area (Å²) in [6.07, 6.45) is 8.31. The summed E-state index contributed by atoms with van der Waals surface area (Å²) in [6.45, 7) is 0. The Labute approximate surface area is 180 Å². The van der Waals surface area contributed by atoms with E-state index >= 15 is 0 Å². The summed E-state index contributed by atoms with van der Waals surface area (Å²) < 4.78 is 4.57. The molecule has 0 amide bonds. The molecule has 0 saturated carbocycles. The number of hydrogen-bond donors (Lipinski definition) is 1. The van der Waals surface area contributed by atoms with Crippen molar-refractivity contribution in [3.05, 3.63) is 83.7 Å². The van der Waals surface area contributed by atoms with Crippen LogP contribution in [0.25, 0.3) is 0 Å². The van der Waals surface area contributed by atoms with Crippen molar-refractivity contribution in [3.63, 3.8) is 0 Å². The molecule has 2 aromatic carbocycles. The molecule has 1 N–H and O–H groups in total. The van der Waals surface area contributed by atoms with Gasteiger partial charge in [0.15, 0.2) is 0 Å². The van der Waals surface area contributed by atoms with Gasteiger partial charge < -0.3 is 15.0 Å². The number of hydrogen-bond acceptors (Lipinski definition) is 5. The Kier molecular flexibility index (Phi) is 7.44. The predicted molar refractivity (Wildman–Crippen MR) is 125 cm³/mol. The Balaban J connectivity index is 0.000000231. The third kappa shape index (κ3) is 5.17. The summed E-state index contributed by atoms with van der Waals surface area (Å²) in [5.74, 6) is -0.359. The normalized spacial score (nSPS) is 12.1. The number of nitrogens with zero attached hydrogens (tertiary/aromatic N) is 2. The van der Waals surface area contributed by atoms with Crippen LogP contribution in [0, 0.1) is 0 Å². The standard InChI is InChI=1S/C17H19N.C8H10N2O2.H2/c1-18(16-9-3-2-4-10-16)17-12-11-14-7-5-6-8-15(14)13-17;1-9-7-5-10-4-3-6(7)8(11)12-2;/h2-4,9-13H,5-8H2,1H3;3-5,9H,1-2H3;1H. The minimum atomic E-state index is -0.359. The lowest BCUT2D eigenvalue weighted by Crippen LogP contribution is -2.11. The number of esters is 1. The van der Waals surface area contributed by atoms with Gasteiger partial charge in [-0.15, -0.1) is 0 Å². The number of carbonyl (C=O) groups is 1. The van der Waals surface area contributed by atoms with E-state index in [2.05, 4.69) is 75.5 Å². The van der Waals surface area contributed by atoms with Crippen molar-refractivity contribution < 1.29 is 11.0 Å². The molecule has 0 unspecified atom stereocenters. The SMILES string of the molecule is CN(c1ccccc1)c1ccc2c(c1)CCCC2.CNc1cnccc1C(=O)OC.[HH]. The largest absolute Gasteiger partial charge is 0.465 e. The van der Waals surface area contributed by atoms with Gasteiger partial charge in [-0.1, -0.05) is 24.3 Å². The summed E-state index contributed by atoms with van der Waals surface area (Å²) in [4.78, 5) is 17.2. The molecule has 30 heavy (non-hydrogen) atoms. The highest BCUT2D eigenvalue weighted by Crippen LogP contribution is 2.29. The number of aromatic nitrogens is 1. The smallest absolute Gasteiger partial charge is 0.340 e. The molecule has 0 bridgehead atoms. The zero-order valence-corrected chi connectivity index (χ0v) is 17.9. The predicted octanol–water partition coefficient (Wildman–Crippen LogP) is 5.49. The molecule has 5 nitrogen and oxygen atoms in total. The lowest BCUT2D eigenvalue weighted by molar-refractivity contribution is 0.0601. The molecule has 0 atom stereocenters. The van der Waals surface area contributed by atoms with E-state index in [0.29, 0.717) is 11.3 Å². The number of aryl methyl sites for hydroxylation is 2. The minimum Gasteiger partial charge on any atom is -0.465 e. The van der Waals surface area contributed by atoms with E-state index in [1.54, 1.807) is 36.6 Å². The Morgan fingerprint density at radius 2 is 1.77 bits per heavy atom. The lowest BCUT2D eigenvalue weighted by atomic mass is 9.91. The number of pyridine rings is 1. The van der Waals surface area contributed by atoms with Crippen LogP contribution in [-0.4, -0.2) is 32.2 Å². The van der Waals surface area contributed by atoms with Crippen LogP contribution in [0.5, 0.6) is 0 Å². The second-order valence-electron chi connectivity index (χ2n) is 7.22. The molecule has 1 heterocycles. The average molecular weight is 406 g/mol. The molecule has 1 aliphatic carbocycles. The maximum Gasteiger partial charge on any atom is 0.340 e. The Hall–Kier alpha value is -3.34. The summed E-state index contributed by atoms with van der Waals surface area (Å²) >= 11 is 0. The van der Waals surface area contributed by atoms with E-state index in [1.807, 2.05) is 0 Å². The summed E-state index contributed by atoms with van der Waals surface area (Å²) in [5, 5.41) is 2.85. The summed E-state index contributed by atoms with van der Waals surface area (Å²) in [6, 6.07) is 19.1. The van der Waals surface area contributed by atoms with Crippen molar-refractivity contribution in [2.75, 3.05) is 31.4 Å². The zero-order chi connectivity index (χ0) is 21.3. The van der Waals surface area contributed by atoms with Crippen LogP contribution in [-0.2, 0) is 17.6 Å². The van der Waals surface area contributed by atoms with Crippen LogP contribution in [0.2, 0.25) is 0 Å². The highest BCUT2D eigenvalue weighted by molar-refractivity contribution is 5.95. The van der Waals surface area contributed by atoms with Crippen molar-refractivity contribution in [3.8, 4) is 0 Å². The number of carbonyl (C=O) groups excluding carboxylic acids is 1. The number of rotatable bonds is 4. The molecule has 0 aliphatic heterocycles. The molecule has 0 fully saturated rings. The van der Waals surface area contributed by atoms with E-state index in [-0.39, 0.29) is 7.40 Å². The molecule has 5 heteroatoms. The number of benzene rings is 2. The van der Waals surface area contributed by atoms with Crippen molar-refractivity contribution in [2.45, 2.75) is 25.7 Å². The zero-order valence-electron chi connectivity index (χ0n) is 17.9. The first-order chi connectivity index (χ1) is 14.6. The third-order valence-corrected chi connectivity index (χ3v) is 5.36. The Morgan fingerprint density at radius 3 is 2.47 bits per heavy atom. The van der Waals surface area contributed by atoms with Gasteiger partial charge in [0, 0.05) is 33.1 Å². The fourth-order valence-electron chi connectivity index (χ4n) is 3.61.